The van der Waals surface area contributed by atoms with Crippen LogP contribution in [0, 0.1) is 10.1 Å². The smallest absolute Gasteiger partial charge is 0.269 e. The second kappa shape index (κ2) is 7.87. The standard InChI is InChI=1S/C15H14ClN3O3S/c16-11-3-5-12(6-4-11)18-15(23)17-9-14(20)10-1-7-13(8-2-10)19(21)22/h1-8,14,20H,9H2,(H2,17,18,23)/t14-/m0/s1. The molecule has 0 saturated heterocycles. The number of nitrogens with zero attached hydrogens (tertiary/aromatic N) is 1. The summed E-state index contributed by atoms with van der Waals surface area (Å²) in [6, 6.07) is 12.8. The van der Waals surface area contributed by atoms with Crippen LogP contribution in [0.1, 0.15) is 11.7 Å². The summed E-state index contributed by atoms with van der Waals surface area (Å²) >= 11 is 10.9. The van der Waals surface area contributed by atoms with E-state index in [-0.39, 0.29) is 12.2 Å². The van der Waals surface area contributed by atoms with Gasteiger partial charge in [-0.25, -0.2) is 0 Å². The highest BCUT2D eigenvalue weighted by Crippen LogP contribution is 2.17. The normalized spacial score (nSPS) is 11.6. The van der Waals surface area contributed by atoms with Gasteiger partial charge in [-0.2, -0.15) is 0 Å². The van der Waals surface area contributed by atoms with E-state index in [4.69, 9.17) is 23.8 Å². The second-order valence-electron chi connectivity index (χ2n) is 4.71. The Morgan fingerprint density at radius 3 is 2.39 bits per heavy atom. The highest BCUT2D eigenvalue weighted by molar-refractivity contribution is 7.80. The molecular formula is C15H14ClN3O3S. The molecule has 0 aliphatic carbocycles. The van der Waals surface area contributed by atoms with Crippen molar-refractivity contribution in [3.63, 3.8) is 0 Å². The molecule has 0 spiro atoms. The maximum Gasteiger partial charge on any atom is 0.269 e. The van der Waals surface area contributed by atoms with E-state index >= 15 is 0 Å². The fourth-order valence-electron chi connectivity index (χ4n) is 1.83. The van der Waals surface area contributed by atoms with E-state index in [9.17, 15) is 15.2 Å². The van der Waals surface area contributed by atoms with Crippen molar-refractivity contribution in [3.05, 3.63) is 69.2 Å². The summed E-state index contributed by atoms with van der Waals surface area (Å²) in [7, 11) is 0. The fraction of sp³-hybridized carbons (Fsp3) is 0.133. The van der Waals surface area contributed by atoms with E-state index in [1.54, 1.807) is 24.3 Å². The first kappa shape index (κ1) is 17.1. The molecule has 2 aromatic rings. The van der Waals surface area contributed by atoms with Crippen LogP contribution in [0.4, 0.5) is 11.4 Å². The molecule has 0 saturated carbocycles. The summed E-state index contributed by atoms with van der Waals surface area (Å²) in [4.78, 5) is 10.1. The zero-order valence-electron chi connectivity index (χ0n) is 11.9. The van der Waals surface area contributed by atoms with Crippen molar-refractivity contribution in [2.75, 3.05) is 11.9 Å². The molecule has 2 rings (SSSR count). The van der Waals surface area contributed by atoms with Crippen LogP contribution in [-0.2, 0) is 0 Å². The van der Waals surface area contributed by atoms with E-state index in [0.29, 0.717) is 15.7 Å². The molecule has 6 nitrogen and oxygen atoms in total. The van der Waals surface area contributed by atoms with Crippen molar-refractivity contribution in [1.29, 1.82) is 0 Å². The number of aliphatic hydroxyl groups excluding tert-OH is 1. The molecule has 0 aliphatic heterocycles. The molecule has 0 aliphatic rings. The highest BCUT2D eigenvalue weighted by atomic mass is 35.5. The topological polar surface area (TPSA) is 87.4 Å². The number of halogens is 1. The highest BCUT2D eigenvalue weighted by Gasteiger charge is 2.11. The van der Waals surface area contributed by atoms with Gasteiger partial charge in [-0.3, -0.25) is 10.1 Å². The van der Waals surface area contributed by atoms with Gasteiger partial charge in [0.1, 0.15) is 0 Å². The summed E-state index contributed by atoms with van der Waals surface area (Å²) in [6.07, 6.45) is -0.833. The van der Waals surface area contributed by atoms with E-state index in [0.717, 1.165) is 5.69 Å². The average Bonchev–Trinajstić information content (AvgIpc) is 2.55. The number of benzene rings is 2. The van der Waals surface area contributed by atoms with Gasteiger partial charge in [-0.15, -0.1) is 0 Å². The number of thiocarbonyl (C=S) groups is 1. The second-order valence-corrected chi connectivity index (χ2v) is 5.55. The van der Waals surface area contributed by atoms with Crippen LogP contribution in [0.15, 0.2) is 48.5 Å². The number of nitrogens with one attached hydrogen (secondary N) is 2. The van der Waals surface area contributed by atoms with Crippen molar-refractivity contribution >= 4 is 40.3 Å². The molecule has 0 radical (unpaired) electrons. The summed E-state index contributed by atoms with van der Waals surface area (Å²) < 4.78 is 0. The number of rotatable bonds is 5. The third kappa shape index (κ3) is 5.17. The van der Waals surface area contributed by atoms with E-state index in [1.807, 2.05) is 0 Å². The van der Waals surface area contributed by atoms with Gasteiger partial charge in [0.25, 0.3) is 5.69 Å². The lowest BCUT2D eigenvalue weighted by atomic mass is 10.1. The Hall–Kier alpha value is -2.22. The average molecular weight is 352 g/mol. The largest absolute Gasteiger partial charge is 0.387 e. The number of nitro groups is 1. The Kier molecular flexibility index (Phi) is 5.86. The van der Waals surface area contributed by atoms with Crippen LogP contribution in [0.5, 0.6) is 0 Å². The minimum atomic E-state index is -0.833. The van der Waals surface area contributed by atoms with Crippen molar-refractivity contribution in [2.24, 2.45) is 0 Å². The lowest BCUT2D eigenvalue weighted by Gasteiger charge is -2.15. The van der Waals surface area contributed by atoms with Crippen LogP contribution in [0.25, 0.3) is 0 Å². The monoisotopic (exact) mass is 351 g/mol. The predicted molar refractivity (Wildman–Crippen MR) is 93.7 cm³/mol. The van der Waals surface area contributed by atoms with Gasteiger partial charge in [0, 0.05) is 29.4 Å². The van der Waals surface area contributed by atoms with Crippen LogP contribution in [-0.4, -0.2) is 21.7 Å². The van der Waals surface area contributed by atoms with Crippen molar-refractivity contribution < 1.29 is 10.0 Å². The molecule has 0 unspecified atom stereocenters. The Morgan fingerprint density at radius 2 is 1.83 bits per heavy atom. The van der Waals surface area contributed by atoms with E-state index in [2.05, 4.69) is 10.6 Å². The first-order valence-corrected chi connectivity index (χ1v) is 7.47. The van der Waals surface area contributed by atoms with Gasteiger partial charge in [0.15, 0.2) is 5.11 Å². The fourth-order valence-corrected chi connectivity index (χ4v) is 2.16. The molecule has 1 atom stereocenters. The summed E-state index contributed by atoms with van der Waals surface area (Å²) in [5, 5.41) is 27.5. The zero-order chi connectivity index (χ0) is 16.8. The Bertz CT molecular complexity index is 692. The summed E-state index contributed by atoms with van der Waals surface area (Å²) in [6.45, 7) is 0.178. The molecular weight excluding hydrogens is 338 g/mol. The molecule has 0 fully saturated rings. The number of nitro benzene ring substituents is 1. The third-order valence-electron chi connectivity index (χ3n) is 3.05. The summed E-state index contributed by atoms with van der Waals surface area (Å²) in [5.41, 5.74) is 1.32. The molecule has 0 aromatic heterocycles. The van der Waals surface area contributed by atoms with Gasteiger partial charge >= 0.3 is 0 Å². The van der Waals surface area contributed by atoms with Gasteiger partial charge in [0.2, 0.25) is 0 Å². The number of hydrogen-bond acceptors (Lipinski definition) is 4. The maximum atomic E-state index is 10.6. The molecule has 23 heavy (non-hydrogen) atoms. The van der Waals surface area contributed by atoms with Crippen LogP contribution < -0.4 is 10.6 Å². The molecule has 3 N–H and O–H groups in total. The van der Waals surface area contributed by atoms with Crippen LogP contribution in [0.2, 0.25) is 5.02 Å². The minimum absolute atomic E-state index is 0.0196. The molecule has 2 aromatic carbocycles. The van der Waals surface area contributed by atoms with Gasteiger partial charge in [0.05, 0.1) is 11.0 Å². The van der Waals surface area contributed by atoms with Gasteiger partial charge < -0.3 is 15.7 Å². The van der Waals surface area contributed by atoms with E-state index < -0.39 is 11.0 Å². The molecule has 120 valence electrons. The molecule has 0 heterocycles. The lowest BCUT2D eigenvalue weighted by molar-refractivity contribution is -0.384. The first-order chi connectivity index (χ1) is 11.0. The molecule has 0 amide bonds. The maximum absolute atomic E-state index is 10.6. The van der Waals surface area contributed by atoms with Crippen molar-refractivity contribution in [2.45, 2.75) is 6.10 Å². The Labute approximate surface area is 143 Å². The molecule has 8 heteroatoms. The SMILES string of the molecule is O=[N+]([O-])c1ccc([C@@H](O)CNC(=S)Nc2ccc(Cl)cc2)cc1. The van der Waals surface area contributed by atoms with Gasteiger partial charge in [-0.05, 0) is 54.2 Å². The lowest BCUT2D eigenvalue weighted by Crippen LogP contribution is -2.32. The number of non-ortho nitro benzene ring substituents is 1. The van der Waals surface area contributed by atoms with Crippen LogP contribution in [0.3, 0.4) is 0 Å². The van der Waals surface area contributed by atoms with Crippen LogP contribution >= 0.6 is 23.8 Å². The first-order valence-electron chi connectivity index (χ1n) is 6.68. The summed E-state index contributed by atoms with van der Waals surface area (Å²) in [5.74, 6) is 0. The number of anilines is 1. The molecule has 0 bridgehead atoms. The Morgan fingerprint density at radius 1 is 1.22 bits per heavy atom. The predicted octanol–water partition coefficient (Wildman–Crippen LogP) is 3.27. The van der Waals surface area contributed by atoms with E-state index in [1.165, 1.54) is 24.3 Å². The minimum Gasteiger partial charge on any atom is -0.387 e. The third-order valence-corrected chi connectivity index (χ3v) is 3.55. The zero-order valence-corrected chi connectivity index (χ0v) is 13.5. The quantitative estimate of drug-likeness (QED) is 0.435. The van der Waals surface area contributed by atoms with Crippen molar-refractivity contribution in [3.8, 4) is 0 Å². The Balaban J connectivity index is 1.85. The number of hydrogen-bond donors (Lipinski definition) is 3. The van der Waals surface area contributed by atoms with Gasteiger partial charge in [-0.1, -0.05) is 11.6 Å². The number of aliphatic hydroxyl groups is 1. The van der Waals surface area contributed by atoms with Crippen molar-refractivity contribution in [1.82, 2.24) is 5.32 Å².